The fraction of sp³-hybridized carbons (Fsp3) is 0.545. The molecule has 1 heterocycles. The topological polar surface area (TPSA) is 24.9 Å². The van der Waals surface area contributed by atoms with Crippen LogP contribution in [-0.4, -0.2) is 18.1 Å². The van der Waals surface area contributed by atoms with Crippen LogP contribution in [0.15, 0.2) is 24.5 Å². The number of hydrogen-bond donors (Lipinski definition) is 1. The minimum atomic E-state index is 0.639. The van der Waals surface area contributed by atoms with Gasteiger partial charge in [0, 0.05) is 18.4 Å². The fourth-order valence-electron chi connectivity index (χ4n) is 1.44. The second-order valence-electron chi connectivity index (χ2n) is 3.29. The summed E-state index contributed by atoms with van der Waals surface area (Å²) >= 11 is 0. The normalized spacial score (nSPS) is 12.8. The van der Waals surface area contributed by atoms with Gasteiger partial charge in [-0.05, 0) is 37.9 Å². The number of aryl methyl sites for hydroxylation is 1. The molecule has 72 valence electrons. The molecule has 2 heteroatoms. The first kappa shape index (κ1) is 10.2. The van der Waals surface area contributed by atoms with Crippen molar-refractivity contribution in [1.82, 2.24) is 10.3 Å². The number of pyridine rings is 1. The Kier molecular flexibility index (Phi) is 4.47. The van der Waals surface area contributed by atoms with E-state index in [2.05, 4.69) is 23.3 Å². The van der Waals surface area contributed by atoms with Gasteiger partial charge in [0.25, 0.3) is 0 Å². The van der Waals surface area contributed by atoms with Gasteiger partial charge < -0.3 is 5.32 Å². The van der Waals surface area contributed by atoms with Crippen molar-refractivity contribution in [2.45, 2.75) is 32.2 Å². The summed E-state index contributed by atoms with van der Waals surface area (Å²) in [5.74, 6) is 0. The van der Waals surface area contributed by atoms with E-state index in [1.165, 1.54) is 18.4 Å². The Morgan fingerprint density at radius 2 is 2.38 bits per heavy atom. The number of aromatic nitrogens is 1. The highest BCUT2D eigenvalue weighted by Gasteiger charge is 2.02. The molecule has 1 aromatic rings. The zero-order valence-corrected chi connectivity index (χ0v) is 8.46. The summed E-state index contributed by atoms with van der Waals surface area (Å²) in [6, 6.07) is 4.77. The lowest BCUT2D eigenvalue weighted by Crippen LogP contribution is -2.24. The maximum Gasteiger partial charge on any atom is 0.0299 e. The van der Waals surface area contributed by atoms with E-state index < -0.39 is 0 Å². The van der Waals surface area contributed by atoms with Crippen LogP contribution in [0.3, 0.4) is 0 Å². The molecular weight excluding hydrogens is 160 g/mol. The van der Waals surface area contributed by atoms with Crippen LogP contribution in [0, 0.1) is 0 Å². The van der Waals surface area contributed by atoms with Crippen LogP contribution >= 0.6 is 0 Å². The molecule has 0 amide bonds. The first-order chi connectivity index (χ1) is 6.36. The third-order valence-corrected chi connectivity index (χ3v) is 2.41. The van der Waals surface area contributed by atoms with Crippen molar-refractivity contribution < 1.29 is 0 Å². The molecule has 0 saturated carbocycles. The quantitative estimate of drug-likeness (QED) is 0.746. The molecule has 0 bridgehead atoms. The number of nitrogens with one attached hydrogen (secondary N) is 1. The van der Waals surface area contributed by atoms with Crippen LogP contribution in [0.5, 0.6) is 0 Å². The van der Waals surface area contributed by atoms with Crippen LogP contribution in [0.4, 0.5) is 0 Å². The molecule has 1 unspecified atom stereocenters. The number of hydrogen-bond acceptors (Lipinski definition) is 2. The van der Waals surface area contributed by atoms with Crippen LogP contribution < -0.4 is 5.32 Å². The highest BCUT2D eigenvalue weighted by molar-refractivity contribution is 5.08. The van der Waals surface area contributed by atoms with Gasteiger partial charge in [0.15, 0.2) is 0 Å². The summed E-state index contributed by atoms with van der Waals surface area (Å²) in [5.41, 5.74) is 1.33. The zero-order valence-electron chi connectivity index (χ0n) is 8.46. The van der Waals surface area contributed by atoms with Crippen LogP contribution in [-0.2, 0) is 6.42 Å². The molecule has 1 rings (SSSR count). The molecule has 0 fully saturated rings. The van der Waals surface area contributed by atoms with Crippen molar-refractivity contribution in [1.29, 1.82) is 0 Å². The van der Waals surface area contributed by atoms with Gasteiger partial charge in [0.1, 0.15) is 0 Å². The van der Waals surface area contributed by atoms with E-state index in [0.29, 0.717) is 6.04 Å². The highest BCUT2D eigenvalue weighted by Crippen LogP contribution is 2.05. The van der Waals surface area contributed by atoms with Gasteiger partial charge in [-0.2, -0.15) is 0 Å². The van der Waals surface area contributed by atoms with Crippen LogP contribution in [0.2, 0.25) is 0 Å². The zero-order chi connectivity index (χ0) is 9.52. The lowest BCUT2D eigenvalue weighted by atomic mass is 10.1. The molecule has 13 heavy (non-hydrogen) atoms. The Balaban J connectivity index is 2.34. The predicted octanol–water partition coefficient (Wildman–Crippen LogP) is 2.01. The standard InChI is InChI=1S/C11H18N2/c1-3-11(12-2)7-6-10-5-4-8-13-9-10/h4-5,8-9,11-12H,3,6-7H2,1-2H3. The molecule has 0 aliphatic heterocycles. The summed E-state index contributed by atoms with van der Waals surface area (Å²) in [4.78, 5) is 4.09. The molecule has 0 aromatic carbocycles. The molecule has 0 saturated heterocycles. The van der Waals surface area contributed by atoms with Crippen LogP contribution in [0.25, 0.3) is 0 Å². The molecular formula is C11H18N2. The molecule has 1 aromatic heterocycles. The Bertz CT molecular complexity index is 217. The van der Waals surface area contributed by atoms with Gasteiger partial charge in [0.05, 0.1) is 0 Å². The average Bonchev–Trinajstić information content (AvgIpc) is 2.21. The molecule has 0 radical (unpaired) electrons. The van der Waals surface area contributed by atoms with Crippen LogP contribution in [0.1, 0.15) is 25.3 Å². The van der Waals surface area contributed by atoms with E-state index in [1.54, 1.807) is 0 Å². The lowest BCUT2D eigenvalue weighted by molar-refractivity contribution is 0.508. The van der Waals surface area contributed by atoms with Crippen molar-refractivity contribution in [2.75, 3.05) is 7.05 Å². The minimum absolute atomic E-state index is 0.639. The molecule has 2 nitrogen and oxygen atoms in total. The van der Waals surface area contributed by atoms with E-state index in [0.717, 1.165) is 6.42 Å². The van der Waals surface area contributed by atoms with Gasteiger partial charge in [-0.25, -0.2) is 0 Å². The molecule has 1 N–H and O–H groups in total. The monoisotopic (exact) mass is 178 g/mol. The van der Waals surface area contributed by atoms with Crippen molar-refractivity contribution in [3.05, 3.63) is 30.1 Å². The summed E-state index contributed by atoms with van der Waals surface area (Å²) in [5, 5.41) is 3.30. The summed E-state index contributed by atoms with van der Waals surface area (Å²) in [6.45, 7) is 2.21. The Hall–Kier alpha value is -0.890. The maximum absolute atomic E-state index is 4.09. The average molecular weight is 178 g/mol. The van der Waals surface area contributed by atoms with Crippen molar-refractivity contribution >= 4 is 0 Å². The van der Waals surface area contributed by atoms with Crippen molar-refractivity contribution in [3.63, 3.8) is 0 Å². The van der Waals surface area contributed by atoms with Gasteiger partial charge in [-0.15, -0.1) is 0 Å². The molecule has 1 atom stereocenters. The predicted molar refractivity (Wildman–Crippen MR) is 55.7 cm³/mol. The van der Waals surface area contributed by atoms with E-state index in [1.807, 2.05) is 25.5 Å². The third-order valence-electron chi connectivity index (χ3n) is 2.41. The first-order valence-electron chi connectivity index (χ1n) is 4.93. The Labute approximate surface area is 80.4 Å². The fourth-order valence-corrected chi connectivity index (χ4v) is 1.44. The Morgan fingerprint density at radius 3 is 2.92 bits per heavy atom. The molecule has 0 spiro atoms. The summed E-state index contributed by atoms with van der Waals surface area (Å²) in [6.07, 6.45) is 7.27. The highest BCUT2D eigenvalue weighted by atomic mass is 14.9. The smallest absolute Gasteiger partial charge is 0.0299 e. The lowest BCUT2D eigenvalue weighted by Gasteiger charge is -2.12. The third kappa shape index (κ3) is 3.55. The summed E-state index contributed by atoms with van der Waals surface area (Å²) in [7, 11) is 2.03. The molecule has 0 aliphatic carbocycles. The second kappa shape index (κ2) is 5.70. The largest absolute Gasteiger partial charge is 0.317 e. The van der Waals surface area contributed by atoms with E-state index in [-0.39, 0.29) is 0 Å². The number of rotatable bonds is 5. The van der Waals surface area contributed by atoms with Gasteiger partial charge in [-0.3, -0.25) is 4.98 Å². The minimum Gasteiger partial charge on any atom is -0.317 e. The maximum atomic E-state index is 4.09. The number of nitrogens with zero attached hydrogens (tertiary/aromatic N) is 1. The summed E-state index contributed by atoms with van der Waals surface area (Å²) < 4.78 is 0. The van der Waals surface area contributed by atoms with Crippen molar-refractivity contribution in [2.24, 2.45) is 0 Å². The first-order valence-corrected chi connectivity index (χ1v) is 4.93. The SMILES string of the molecule is CCC(CCc1cccnc1)NC. The van der Waals surface area contributed by atoms with Gasteiger partial charge >= 0.3 is 0 Å². The molecule has 0 aliphatic rings. The Morgan fingerprint density at radius 1 is 1.54 bits per heavy atom. The van der Waals surface area contributed by atoms with E-state index in [4.69, 9.17) is 0 Å². The van der Waals surface area contributed by atoms with Gasteiger partial charge in [0.2, 0.25) is 0 Å². The van der Waals surface area contributed by atoms with Crippen molar-refractivity contribution in [3.8, 4) is 0 Å². The van der Waals surface area contributed by atoms with Gasteiger partial charge in [-0.1, -0.05) is 13.0 Å². The van der Waals surface area contributed by atoms with E-state index in [9.17, 15) is 0 Å². The van der Waals surface area contributed by atoms with E-state index >= 15 is 0 Å². The second-order valence-corrected chi connectivity index (χ2v) is 3.29.